The third-order valence-corrected chi connectivity index (χ3v) is 5.75. The van der Waals surface area contributed by atoms with Crippen LogP contribution in [-0.4, -0.2) is 80.3 Å². The lowest BCUT2D eigenvalue weighted by atomic mass is 10.0. The molecule has 0 radical (unpaired) electrons. The highest BCUT2D eigenvalue weighted by Crippen LogP contribution is 2.20. The number of hydrogen-bond donors (Lipinski definition) is 6. The number of primary amides is 1. The summed E-state index contributed by atoms with van der Waals surface area (Å²) in [5.41, 5.74) is 11.6. The molecule has 4 amide bonds. The first kappa shape index (κ1) is 26.8. The quantitative estimate of drug-likeness (QED) is 0.202. The average Bonchev–Trinajstić information content (AvgIpc) is 3.46. The number of H-pyrrole nitrogens is 1. The van der Waals surface area contributed by atoms with Gasteiger partial charge in [0.15, 0.2) is 0 Å². The summed E-state index contributed by atoms with van der Waals surface area (Å²) in [5, 5.41) is 14.4. The Bertz CT molecular complexity index is 888. The fraction of sp³-hybridized carbons (Fsp3) is 0.619. The fourth-order valence-electron chi connectivity index (χ4n) is 3.69. The van der Waals surface area contributed by atoms with Gasteiger partial charge in [-0.15, -0.1) is 0 Å². The minimum absolute atomic E-state index is 0.00586. The molecule has 13 nitrogen and oxygen atoms in total. The number of nitrogens with one attached hydrogen (secondary N) is 3. The number of likely N-dealkylation sites (tertiary alicyclic amines) is 1. The van der Waals surface area contributed by atoms with Gasteiger partial charge in [0, 0.05) is 31.3 Å². The molecule has 0 saturated carbocycles. The number of aliphatic carboxylic acids is 1. The lowest BCUT2D eigenvalue weighted by Gasteiger charge is -2.29. The highest BCUT2D eigenvalue weighted by molar-refractivity contribution is 5.94. The molecule has 4 atom stereocenters. The second-order valence-electron chi connectivity index (χ2n) is 8.71. The summed E-state index contributed by atoms with van der Waals surface area (Å²) in [6.45, 7) is 4.01. The maximum absolute atomic E-state index is 13.1. The first-order valence-corrected chi connectivity index (χ1v) is 11.2. The van der Waals surface area contributed by atoms with Crippen LogP contribution < -0.4 is 22.1 Å². The number of imidazole rings is 1. The van der Waals surface area contributed by atoms with E-state index in [1.165, 1.54) is 17.4 Å². The zero-order valence-corrected chi connectivity index (χ0v) is 19.3. The monoisotopic (exact) mass is 479 g/mol. The van der Waals surface area contributed by atoms with Gasteiger partial charge in [0.05, 0.1) is 12.4 Å². The van der Waals surface area contributed by atoms with Crippen molar-refractivity contribution < 1.29 is 29.1 Å². The van der Waals surface area contributed by atoms with E-state index in [1.807, 2.05) is 13.8 Å². The number of carboxylic acids is 1. The van der Waals surface area contributed by atoms with Crippen LogP contribution in [0.4, 0.5) is 0 Å². The number of amides is 4. The summed E-state index contributed by atoms with van der Waals surface area (Å²) in [6, 6.07) is -4.06. The van der Waals surface area contributed by atoms with Crippen LogP contribution in [0, 0.1) is 5.92 Å². The van der Waals surface area contributed by atoms with Crippen molar-refractivity contribution in [3.8, 4) is 0 Å². The Morgan fingerprint density at radius 2 is 1.94 bits per heavy atom. The molecule has 1 fully saturated rings. The highest BCUT2D eigenvalue weighted by Gasteiger charge is 2.38. The molecule has 188 valence electrons. The predicted molar refractivity (Wildman–Crippen MR) is 120 cm³/mol. The van der Waals surface area contributed by atoms with Crippen molar-refractivity contribution in [2.45, 2.75) is 70.1 Å². The van der Waals surface area contributed by atoms with Crippen LogP contribution in [0.3, 0.4) is 0 Å². The number of carbonyl (C=O) groups excluding carboxylic acids is 4. The summed E-state index contributed by atoms with van der Waals surface area (Å²) >= 11 is 0. The van der Waals surface area contributed by atoms with Gasteiger partial charge in [-0.25, -0.2) is 9.78 Å². The van der Waals surface area contributed by atoms with Gasteiger partial charge in [0.25, 0.3) is 0 Å². The molecule has 0 spiro atoms. The number of aromatic amines is 1. The van der Waals surface area contributed by atoms with Gasteiger partial charge in [0.1, 0.15) is 18.1 Å². The van der Waals surface area contributed by atoms with E-state index in [1.54, 1.807) is 0 Å². The summed E-state index contributed by atoms with van der Waals surface area (Å²) < 4.78 is 0. The molecule has 1 aromatic rings. The van der Waals surface area contributed by atoms with Crippen molar-refractivity contribution in [1.82, 2.24) is 25.5 Å². The average molecular weight is 480 g/mol. The van der Waals surface area contributed by atoms with E-state index in [4.69, 9.17) is 11.5 Å². The first-order valence-electron chi connectivity index (χ1n) is 11.2. The van der Waals surface area contributed by atoms with E-state index >= 15 is 0 Å². The number of carbonyl (C=O) groups is 5. The molecule has 1 aliphatic heterocycles. The topological polar surface area (TPSA) is 214 Å². The van der Waals surface area contributed by atoms with Gasteiger partial charge in [0.2, 0.25) is 23.6 Å². The van der Waals surface area contributed by atoms with E-state index in [0.717, 1.165) is 0 Å². The molecule has 2 heterocycles. The standard InChI is InChI=1S/C21H33N7O6/c1-11(2)17(23)20(32)28-7-3-4-15(28)19(31)27-14(8-12-9-24-10-25-12)18(30)26-13(21(33)34)5-6-16(22)29/h9-11,13-15,17H,3-8,23H2,1-2H3,(H2,22,29)(H,24,25)(H,26,30)(H,27,31)(H,33,34). The molecule has 2 rings (SSSR count). The number of nitrogens with zero attached hydrogens (tertiary/aromatic N) is 2. The number of carboxylic acid groups (broad SMARTS) is 1. The molecule has 4 unspecified atom stereocenters. The lowest BCUT2D eigenvalue weighted by Crippen LogP contribution is -2.57. The van der Waals surface area contributed by atoms with Crippen molar-refractivity contribution >= 4 is 29.6 Å². The Morgan fingerprint density at radius 3 is 2.50 bits per heavy atom. The predicted octanol–water partition coefficient (Wildman–Crippen LogP) is -1.75. The third-order valence-electron chi connectivity index (χ3n) is 5.75. The molecule has 0 bridgehead atoms. The van der Waals surface area contributed by atoms with Crippen LogP contribution in [0.2, 0.25) is 0 Å². The minimum Gasteiger partial charge on any atom is -0.480 e. The molecular formula is C21H33N7O6. The maximum Gasteiger partial charge on any atom is 0.326 e. The summed E-state index contributed by atoms with van der Waals surface area (Å²) in [7, 11) is 0. The van der Waals surface area contributed by atoms with Crippen LogP contribution in [0.15, 0.2) is 12.5 Å². The van der Waals surface area contributed by atoms with Crippen LogP contribution >= 0.6 is 0 Å². The van der Waals surface area contributed by atoms with Crippen LogP contribution in [0.5, 0.6) is 0 Å². The second kappa shape index (κ2) is 12.1. The van der Waals surface area contributed by atoms with Gasteiger partial charge in [-0.1, -0.05) is 13.8 Å². The zero-order valence-electron chi connectivity index (χ0n) is 19.3. The van der Waals surface area contributed by atoms with Crippen LogP contribution in [0.25, 0.3) is 0 Å². The van der Waals surface area contributed by atoms with E-state index in [0.29, 0.717) is 25.1 Å². The van der Waals surface area contributed by atoms with Gasteiger partial charge in [-0.3, -0.25) is 19.2 Å². The molecule has 34 heavy (non-hydrogen) atoms. The largest absolute Gasteiger partial charge is 0.480 e. The number of hydrogen-bond acceptors (Lipinski definition) is 7. The van der Waals surface area contributed by atoms with Gasteiger partial charge < -0.3 is 37.1 Å². The fourth-order valence-corrected chi connectivity index (χ4v) is 3.69. The van der Waals surface area contributed by atoms with E-state index in [-0.39, 0.29) is 31.1 Å². The van der Waals surface area contributed by atoms with Crippen LogP contribution in [0.1, 0.15) is 45.2 Å². The molecular weight excluding hydrogens is 446 g/mol. The SMILES string of the molecule is CC(C)C(N)C(=O)N1CCCC1C(=O)NC(Cc1cnc[nH]1)C(=O)NC(CCC(N)=O)C(=O)O. The minimum atomic E-state index is -1.37. The third kappa shape index (κ3) is 7.27. The highest BCUT2D eigenvalue weighted by atomic mass is 16.4. The molecule has 1 aromatic heterocycles. The number of nitrogens with two attached hydrogens (primary N) is 2. The molecule has 1 saturated heterocycles. The van der Waals surface area contributed by atoms with Gasteiger partial charge >= 0.3 is 5.97 Å². The van der Waals surface area contributed by atoms with Gasteiger partial charge in [-0.2, -0.15) is 0 Å². The molecule has 0 aromatic carbocycles. The smallest absolute Gasteiger partial charge is 0.326 e. The summed E-state index contributed by atoms with van der Waals surface area (Å²) in [5.74, 6) is -3.77. The normalized spacial score (nSPS) is 18.2. The molecule has 13 heteroatoms. The Kier molecular flexibility index (Phi) is 9.54. The van der Waals surface area contributed by atoms with Crippen molar-refractivity contribution in [3.05, 3.63) is 18.2 Å². The summed E-state index contributed by atoms with van der Waals surface area (Å²) in [6.07, 6.45) is 3.48. The van der Waals surface area contributed by atoms with E-state index in [2.05, 4.69) is 20.6 Å². The first-order chi connectivity index (χ1) is 16.0. The van der Waals surface area contributed by atoms with Crippen molar-refractivity contribution in [2.75, 3.05) is 6.54 Å². The van der Waals surface area contributed by atoms with Gasteiger partial charge in [-0.05, 0) is 25.2 Å². The van der Waals surface area contributed by atoms with Crippen LogP contribution in [-0.2, 0) is 30.4 Å². The number of rotatable bonds is 12. The number of aromatic nitrogens is 2. The van der Waals surface area contributed by atoms with Crippen molar-refractivity contribution in [1.29, 1.82) is 0 Å². The zero-order chi connectivity index (χ0) is 25.4. The maximum atomic E-state index is 13.1. The Labute approximate surface area is 197 Å². The molecule has 0 aliphatic carbocycles. The summed E-state index contributed by atoms with van der Waals surface area (Å²) in [4.78, 5) is 69.5. The lowest BCUT2D eigenvalue weighted by molar-refractivity contribution is -0.143. The Balaban J connectivity index is 2.16. The Hall–Kier alpha value is -3.48. The second-order valence-corrected chi connectivity index (χ2v) is 8.71. The van der Waals surface area contributed by atoms with E-state index < -0.39 is 47.9 Å². The molecule has 1 aliphatic rings. The Morgan fingerprint density at radius 1 is 1.24 bits per heavy atom. The van der Waals surface area contributed by atoms with Crippen molar-refractivity contribution in [3.63, 3.8) is 0 Å². The molecule has 8 N–H and O–H groups in total. The van der Waals surface area contributed by atoms with Crippen molar-refractivity contribution in [2.24, 2.45) is 17.4 Å². The van der Waals surface area contributed by atoms with E-state index in [9.17, 15) is 29.1 Å².